The molecule has 0 radical (unpaired) electrons. The zero-order chi connectivity index (χ0) is 14.3. The minimum Gasteiger partial charge on any atom is -0.326 e. The average Bonchev–Trinajstić information content (AvgIpc) is 2.77. The van der Waals surface area contributed by atoms with Gasteiger partial charge in [0.05, 0.1) is 12.5 Å². The number of carbonyl (C=O) groups excluding carboxylic acids is 1. The summed E-state index contributed by atoms with van der Waals surface area (Å²) in [5.41, 5.74) is 11.5. The van der Waals surface area contributed by atoms with Crippen molar-refractivity contribution < 1.29 is 4.79 Å². The molecule has 3 N–H and O–H groups in total. The smallest absolute Gasteiger partial charge is 0.228 e. The Balaban J connectivity index is 1.97. The van der Waals surface area contributed by atoms with Crippen LogP contribution in [0.1, 0.15) is 28.3 Å². The molecule has 0 aromatic heterocycles. The number of aryl methyl sites for hydroxylation is 1. The predicted octanol–water partition coefficient (Wildman–Crippen LogP) is 3.30. The van der Waals surface area contributed by atoms with Crippen molar-refractivity contribution in [3.63, 3.8) is 0 Å². The quantitative estimate of drug-likeness (QED) is 0.887. The van der Waals surface area contributed by atoms with Gasteiger partial charge in [-0.05, 0) is 41.3 Å². The molecular formula is C16H15BrN2O. The van der Waals surface area contributed by atoms with E-state index in [2.05, 4.69) is 33.4 Å². The Morgan fingerprint density at radius 2 is 2.05 bits per heavy atom. The van der Waals surface area contributed by atoms with Crippen LogP contribution in [0.3, 0.4) is 0 Å². The summed E-state index contributed by atoms with van der Waals surface area (Å²) in [6.45, 7) is 2.05. The summed E-state index contributed by atoms with van der Waals surface area (Å²) in [5.74, 6) is 0.0437. The largest absolute Gasteiger partial charge is 0.326 e. The fourth-order valence-electron chi connectivity index (χ4n) is 2.51. The maximum atomic E-state index is 11.4. The van der Waals surface area contributed by atoms with Gasteiger partial charge in [0.15, 0.2) is 0 Å². The Hall–Kier alpha value is -1.65. The molecular weight excluding hydrogens is 316 g/mol. The van der Waals surface area contributed by atoms with Gasteiger partial charge in [-0.3, -0.25) is 4.79 Å². The van der Waals surface area contributed by atoms with Crippen molar-refractivity contribution in [1.29, 1.82) is 0 Å². The number of anilines is 1. The molecule has 0 spiro atoms. The molecule has 2 aromatic carbocycles. The highest BCUT2D eigenvalue weighted by Crippen LogP contribution is 2.31. The van der Waals surface area contributed by atoms with E-state index in [1.165, 1.54) is 5.56 Å². The molecule has 20 heavy (non-hydrogen) atoms. The zero-order valence-electron chi connectivity index (χ0n) is 11.1. The number of hydrogen-bond acceptors (Lipinski definition) is 2. The monoisotopic (exact) mass is 330 g/mol. The van der Waals surface area contributed by atoms with Crippen LogP contribution in [-0.2, 0) is 11.2 Å². The Kier molecular flexibility index (Phi) is 3.36. The third-order valence-electron chi connectivity index (χ3n) is 3.60. The van der Waals surface area contributed by atoms with Gasteiger partial charge in [-0.25, -0.2) is 0 Å². The second-order valence-corrected chi connectivity index (χ2v) is 6.00. The van der Waals surface area contributed by atoms with Gasteiger partial charge in [0.1, 0.15) is 0 Å². The molecule has 0 saturated carbocycles. The van der Waals surface area contributed by atoms with Crippen LogP contribution in [0.4, 0.5) is 5.69 Å². The number of fused-ring (bicyclic) bond motifs is 1. The summed E-state index contributed by atoms with van der Waals surface area (Å²) in [5, 5.41) is 2.83. The molecule has 0 fully saturated rings. The van der Waals surface area contributed by atoms with Crippen LogP contribution in [0.15, 0.2) is 40.9 Å². The molecule has 1 aliphatic heterocycles. The summed E-state index contributed by atoms with van der Waals surface area (Å²) in [6, 6.07) is 11.9. The molecule has 3 rings (SSSR count). The molecule has 102 valence electrons. The summed E-state index contributed by atoms with van der Waals surface area (Å²) in [6.07, 6.45) is 0.435. The molecule has 3 nitrogen and oxygen atoms in total. The first-order valence-corrected chi connectivity index (χ1v) is 7.28. The van der Waals surface area contributed by atoms with E-state index in [1.54, 1.807) is 0 Å². The lowest BCUT2D eigenvalue weighted by Crippen LogP contribution is -2.12. The number of nitrogens with one attached hydrogen (secondary N) is 1. The van der Waals surface area contributed by atoms with Gasteiger partial charge in [0.25, 0.3) is 0 Å². The Bertz CT molecular complexity index is 697. The van der Waals surface area contributed by atoms with Gasteiger partial charge in [0, 0.05) is 10.2 Å². The van der Waals surface area contributed by atoms with E-state index >= 15 is 0 Å². The lowest BCUT2D eigenvalue weighted by molar-refractivity contribution is -0.115. The first-order valence-electron chi connectivity index (χ1n) is 6.49. The van der Waals surface area contributed by atoms with Crippen LogP contribution in [0.2, 0.25) is 0 Å². The van der Waals surface area contributed by atoms with Gasteiger partial charge in [-0.2, -0.15) is 0 Å². The number of nitrogens with two attached hydrogens (primary N) is 1. The fourth-order valence-corrected chi connectivity index (χ4v) is 3.25. The zero-order valence-corrected chi connectivity index (χ0v) is 12.7. The minimum absolute atomic E-state index is 0.0437. The summed E-state index contributed by atoms with van der Waals surface area (Å²) >= 11 is 3.57. The second-order valence-electron chi connectivity index (χ2n) is 5.14. The number of hydrogen-bond donors (Lipinski definition) is 2. The van der Waals surface area contributed by atoms with Gasteiger partial charge in [-0.15, -0.1) is 0 Å². The number of rotatable bonds is 2. The van der Waals surface area contributed by atoms with E-state index in [4.69, 9.17) is 5.73 Å². The van der Waals surface area contributed by atoms with Crippen molar-refractivity contribution in [3.05, 3.63) is 63.1 Å². The first-order chi connectivity index (χ1) is 9.54. The third kappa shape index (κ3) is 2.37. The second kappa shape index (κ2) is 5.04. The topological polar surface area (TPSA) is 55.1 Å². The van der Waals surface area contributed by atoms with Crippen molar-refractivity contribution >= 4 is 27.5 Å². The Morgan fingerprint density at radius 3 is 2.80 bits per heavy atom. The normalized spacial score (nSPS) is 14.8. The van der Waals surface area contributed by atoms with Crippen molar-refractivity contribution in [2.75, 3.05) is 5.32 Å². The first kappa shape index (κ1) is 13.3. The van der Waals surface area contributed by atoms with E-state index in [1.807, 2.05) is 31.2 Å². The van der Waals surface area contributed by atoms with E-state index in [0.717, 1.165) is 26.9 Å². The van der Waals surface area contributed by atoms with E-state index < -0.39 is 0 Å². The molecule has 0 aliphatic carbocycles. The predicted molar refractivity (Wildman–Crippen MR) is 83.7 cm³/mol. The maximum Gasteiger partial charge on any atom is 0.228 e. The minimum atomic E-state index is -0.203. The van der Waals surface area contributed by atoms with Crippen LogP contribution in [0.25, 0.3) is 0 Å². The summed E-state index contributed by atoms with van der Waals surface area (Å²) in [7, 11) is 0. The SMILES string of the molecule is Cc1ccc(C(N)c2ccc3c(c2)CC(=O)N3)c(Br)c1. The highest BCUT2D eigenvalue weighted by molar-refractivity contribution is 9.10. The molecule has 4 heteroatoms. The summed E-state index contributed by atoms with van der Waals surface area (Å²) in [4.78, 5) is 11.4. The maximum absolute atomic E-state index is 11.4. The lowest BCUT2D eigenvalue weighted by atomic mass is 9.96. The van der Waals surface area contributed by atoms with Crippen LogP contribution < -0.4 is 11.1 Å². The lowest BCUT2D eigenvalue weighted by Gasteiger charge is -2.16. The van der Waals surface area contributed by atoms with Gasteiger partial charge in [0.2, 0.25) is 5.91 Å². The fraction of sp³-hybridized carbons (Fsp3) is 0.188. The average molecular weight is 331 g/mol. The Morgan fingerprint density at radius 1 is 1.25 bits per heavy atom. The molecule has 0 bridgehead atoms. The van der Waals surface area contributed by atoms with Crippen molar-refractivity contribution in [3.8, 4) is 0 Å². The van der Waals surface area contributed by atoms with Gasteiger partial charge < -0.3 is 11.1 Å². The number of carbonyl (C=O) groups is 1. The number of benzene rings is 2. The molecule has 1 aliphatic rings. The van der Waals surface area contributed by atoms with Crippen LogP contribution in [-0.4, -0.2) is 5.91 Å². The van der Waals surface area contributed by atoms with Crippen LogP contribution >= 0.6 is 15.9 Å². The van der Waals surface area contributed by atoms with Crippen molar-refractivity contribution in [1.82, 2.24) is 0 Å². The van der Waals surface area contributed by atoms with Gasteiger partial charge in [-0.1, -0.05) is 40.2 Å². The van der Waals surface area contributed by atoms with E-state index in [0.29, 0.717) is 6.42 Å². The standard InChI is InChI=1S/C16H15BrN2O/c1-9-2-4-12(13(17)6-9)16(18)10-3-5-14-11(7-10)8-15(20)19-14/h2-7,16H,8,18H2,1H3,(H,19,20). The Labute approximate surface area is 126 Å². The molecule has 1 amide bonds. The highest BCUT2D eigenvalue weighted by atomic mass is 79.9. The van der Waals surface area contributed by atoms with E-state index in [-0.39, 0.29) is 11.9 Å². The van der Waals surface area contributed by atoms with Crippen LogP contribution in [0, 0.1) is 6.92 Å². The number of amides is 1. The van der Waals surface area contributed by atoms with Crippen LogP contribution in [0.5, 0.6) is 0 Å². The molecule has 2 aromatic rings. The molecule has 1 heterocycles. The molecule has 0 saturated heterocycles. The third-order valence-corrected chi connectivity index (χ3v) is 4.29. The van der Waals surface area contributed by atoms with Crippen molar-refractivity contribution in [2.45, 2.75) is 19.4 Å². The van der Waals surface area contributed by atoms with E-state index in [9.17, 15) is 4.79 Å². The molecule has 1 unspecified atom stereocenters. The summed E-state index contributed by atoms with van der Waals surface area (Å²) < 4.78 is 1.01. The molecule has 1 atom stereocenters. The number of halogens is 1. The highest BCUT2D eigenvalue weighted by Gasteiger charge is 2.20. The van der Waals surface area contributed by atoms with Gasteiger partial charge >= 0.3 is 0 Å². The van der Waals surface area contributed by atoms with Crippen molar-refractivity contribution in [2.24, 2.45) is 5.73 Å².